The van der Waals surface area contributed by atoms with Crippen molar-refractivity contribution in [1.29, 1.82) is 0 Å². The molecule has 0 saturated carbocycles. The maximum absolute atomic E-state index is 10.8. The van der Waals surface area contributed by atoms with Crippen LogP contribution in [0.5, 0.6) is 5.75 Å². The molecule has 0 amide bonds. The Morgan fingerprint density at radius 1 is 1.17 bits per heavy atom. The fourth-order valence-corrected chi connectivity index (χ4v) is 4.25. The van der Waals surface area contributed by atoms with E-state index in [1.54, 1.807) is 13.3 Å². The minimum Gasteiger partial charge on any atom is -0.497 e. The van der Waals surface area contributed by atoms with Gasteiger partial charge in [-0.05, 0) is 68.7 Å². The first-order valence-electron chi connectivity index (χ1n) is 11.3. The van der Waals surface area contributed by atoms with E-state index in [2.05, 4.69) is 22.1 Å². The second-order valence-corrected chi connectivity index (χ2v) is 8.24. The molecule has 3 rings (SSSR count). The predicted octanol–water partition coefficient (Wildman–Crippen LogP) is 4.30. The zero-order valence-electron chi connectivity index (χ0n) is 18.1. The molecule has 0 bridgehead atoms. The first-order chi connectivity index (χ1) is 14.2. The topological polar surface area (TPSA) is 57.6 Å². The highest BCUT2D eigenvalue weighted by atomic mass is 16.5. The van der Waals surface area contributed by atoms with Crippen molar-refractivity contribution in [1.82, 2.24) is 15.2 Å². The van der Waals surface area contributed by atoms with E-state index in [1.807, 2.05) is 24.3 Å². The van der Waals surface area contributed by atoms with Gasteiger partial charge in [0, 0.05) is 24.2 Å². The van der Waals surface area contributed by atoms with Crippen molar-refractivity contribution in [3.05, 3.63) is 36.0 Å². The van der Waals surface area contributed by atoms with E-state index in [1.165, 1.54) is 38.6 Å². The van der Waals surface area contributed by atoms with Gasteiger partial charge in [0.2, 0.25) is 0 Å². The molecule has 5 heteroatoms. The molecule has 5 nitrogen and oxygen atoms in total. The number of hydrogen-bond acceptors (Lipinski definition) is 5. The van der Waals surface area contributed by atoms with Crippen molar-refractivity contribution in [2.75, 3.05) is 33.3 Å². The van der Waals surface area contributed by atoms with E-state index < -0.39 is 6.10 Å². The largest absolute Gasteiger partial charge is 0.497 e. The first kappa shape index (κ1) is 22.0. The summed E-state index contributed by atoms with van der Waals surface area (Å²) in [5.41, 5.74) is 1.79. The number of ether oxygens (including phenoxy) is 1. The number of fused-ring (bicyclic) bond motifs is 1. The molecule has 2 aromatic rings. The van der Waals surface area contributed by atoms with Crippen LogP contribution in [0.3, 0.4) is 0 Å². The lowest BCUT2D eigenvalue weighted by atomic mass is 10.0. The van der Waals surface area contributed by atoms with Crippen LogP contribution in [-0.2, 0) is 0 Å². The van der Waals surface area contributed by atoms with Gasteiger partial charge in [0.1, 0.15) is 5.75 Å². The van der Waals surface area contributed by atoms with Crippen LogP contribution in [0.25, 0.3) is 10.9 Å². The zero-order chi connectivity index (χ0) is 20.5. The summed E-state index contributed by atoms with van der Waals surface area (Å²) in [6, 6.07) is 8.20. The maximum atomic E-state index is 10.8. The van der Waals surface area contributed by atoms with Crippen molar-refractivity contribution in [2.45, 2.75) is 64.0 Å². The lowest BCUT2D eigenvalue weighted by Gasteiger charge is -2.33. The molecule has 2 N–H and O–H groups in total. The Morgan fingerprint density at radius 2 is 1.97 bits per heavy atom. The molecule has 2 heterocycles. The summed E-state index contributed by atoms with van der Waals surface area (Å²) in [5, 5.41) is 15.4. The molecule has 0 radical (unpaired) electrons. The van der Waals surface area contributed by atoms with Crippen LogP contribution >= 0.6 is 0 Å². The number of aromatic nitrogens is 1. The predicted molar refractivity (Wildman–Crippen MR) is 119 cm³/mol. The Kier molecular flexibility index (Phi) is 8.71. The van der Waals surface area contributed by atoms with Gasteiger partial charge in [0.25, 0.3) is 0 Å². The number of aliphatic hydroxyl groups is 1. The van der Waals surface area contributed by atoms with Gasteiger partial charge in [-0.1, -0.05) is 32.6 Å². The normalized spacial score (nSPS) is 16.9. The number of benzene rings is 1. The Labute approximate surface area is 175 Å². The molecule has 1 aromatic carbocycles. The van der Waals surface area contributed by atoms with Gasteiger partial charge in [-0.15, -0.1) is 0 Å². The van der Waals surface area contributed by atoms with Crippen LogP contribution < -0.4 is 10.1 Å². The third kappa shape index (κ3) is 6.39. The highest BCUT2D eigenvalue weighted by Gasteiger charge is 2.20. The molecule has 1 saturated heterocycles. The van der Waals surface area contributed by atoms with Gasteiger partial charge in [-0.25, -0.2) is 0 Å². The smallest absolute Gasteiger partial charge is 0.119 e. The lowest BCUT2D eigenvalue weighted by Crippen LogP contribution is -2.43. The van der Waals surface area contributed by atoms with Crippen LogP contribution in [-0.4, -0.2) is 54.3 Å². The molecular formula is C24H37N3O2. The number of nitrogens with one attached hydrogen (secondary N) is 1. The van der Waals surface area contributed by atoms with Gasteiger partial charge < -0.3 is 20.1 Å². The minimum absolute atomic E-state index is 0.489. The number of hydrogen-bond donors (Lipinski definition) is 2. The summed E-state index contributed by atoms with van der Waals surface area (Å²) in [5.74, 6) is 0.786. The number of unbranched alkanes of at least 4 members (excludes halogenated alkanes) is 4. The molecule has 1 aromatic heterocycles. The molecule has 1 aliphatic heterocycles. The third-order valence-electron chi connectivity index (χ3n) is 6.11. The number of rotatable bonds is 11. The quantitative estimate of drug-likeness (QED) is 0.552. The molecule has 160 valence electrons. The fraction of sp³-hybridized carbons (Fsp3) is 0.625. The van der Waals surface area contributed by atoms with Crippen molar-refractivity contribution in [3.8, 4) is 5.75 Å². The van der Waals surface area contributed by atoms with Crippen molar-refractivity contribution in [2.24, 2.45) is 0 Å². The second kappa shape index (κ2) is 11.5. The summed E-state index contributed by atoms with van der Waals surface area (Å²) in [7, 11) is 1.66. The van der Waals surface area contributed by atoms with Gasteiger partial charge >= 0.3 is 0 Å². The van der Waals surface area contributed by atoms with Crippen molar-refractivity contribution in [3.63, 3.8) is 0 Å². The van der Waals surface area contributed by atoms with Crippen LogP contribution in [0.15, 0.2) is 30.5 Å². The van der Waals surface area contributed by atoms with Crippen LogP contribution in [0.2, 0.25) is 0 Å². The minimum atomic E-state index is -0.552. The average Bonchev–Trinajstić information content (AvgIpc) is 2.77. The number of methoxy groups -OCH3 is 1. The molecule has 0 unspecified atom stereocenters. The number of piperidine rings is 1. The number of likely N-dealkylation sites (tertiary alicyclic amines) is 1. The molecule has 0 spiro atoms. The summed E-state index contributed by atoms with van der Waals surface area (Å²) >= 11 is 0. The lowest BCUT2D eigenvalue weighted by molar-refractivity contribution is 0.151. The van der Waals surface area contributed by atoms with E-state index in [9.17, 15) is 5.11 Å². The highest BCUT2D eigenvalue weighted by molar-refractivity contribution is 5.83. The van der Waals surface area contributed by atoms with E-state index >= 15 is 0 Å². The van der Waals surface area contributed by atoms with E-state index in [4.69, 9.17) is 4.74 Å². The monoisotopic (exact) mass is 399 g/mol. The van der Waals surface area contributed by atoms with E-state index in [-0.39, 0.29) is 0 Å². The molecule has 1 atom stereocenters. The Hall–Kier alpha value is -1.69. The molecular weight excluding hydrogens is 362 g/mol. The summed E-state index contributed by atoms with van der Waals surface area (Å²) in [6.07, 6.45) is 10.3. The molecule has 1 aliphatic rings. The third-order valence-corrected chi connectivity index (χ3v) is 6.11. The summed E-state index contributed by atoms with van der Waals surface area (Å²) in [6.45, 7) is 6.40. The summed E-state index contributed by atoms with van der Waals surface area (Å²) in [4.78, 5) is 7.01. The van der Waals surface area contributed by atoms with E-state index in [0.717, 1.165) is 48.1 Å². The van der Waals surface area contributed by atoms with Gasteiger partial charge in [0.05, 0.1) is 18.7 Å². The molecule has 29 heavy (non-hydrogen) atoms. The average molecular weight is 400 g/mol. The SMILES string of the molecule is CCCCCCCN1CCC(NC[C@H](O)c2ccnc3ccc(OC)cc23)CC1. The maximum Gasteiger partial charge on any atom is 0.119 e. The molecule has 0 aliphatic carbocycles. The van der Waals surface area contributed by atoms with Gasteiger partial charge in [0.15, 0.2) is 0 Å². The van der Waals surface area contributed by atoms with Crippen LogP contribution in [0.1, 0.15) is 63.5 Å². The first-order valence-corrected chi connectivity index (χ1v) is 11.3. The Morgan fingerprint density at radius 3 is 2.72 bits per heavy atom. The number of pyridine rings is 1. The second-order valence-electron chi connectivity index (χ2n) is 8.24. The van der Waals surface area contributed by atoms with Crippen molar-refractivity contribution >= 4 is 10.9 Å². The Balaban J connectivity index is 1.45. The number of nitrogens with zero attached hydrogens (tertiary/aromatic N) is 2. The molecule has 1 fully saturated rings. The standard InChI is InChI=1S/C24H37N3O2/c1-3-4-5-6-7-14-27-15-11-19(12-16-27)26-18-24(28)21-10-13-25-23-9-8-20(29-2)17-22(21)23/h8-10,13,17,19,24,26,28H,3-7,11-12,14-16,18H2,1-2H3/t24-/m0/s1. The Bertz CT molecular complexity index is 744. The van der Waals surface area contributed by atoms with Gasteiger partial charge in [-0.2, -0.15) is 0 Å². The van der Waals surface area contributed by atoms with Crippen LogP contribution in [0, 0.1) is 0 Å². The van der Waals surface area contributed by atoms with Crippen molar-refractivity contribution < 1.29 is 9.84 Å². The fourth-order valence-electron chi connectivity index (χ4n) is 4.25. The zero-order valence-corrected chi connectivity index (χ0v) is 18.1. The van der Waals surface area contributed by atoms with E-state index in [0.29, 0.717) is 12.6 Å². The number of aliphatic hydroxyl groups excluding tert-OH is 1. The van der Waals surface area contributed by atoms with Crippen LogP contribution in [0.4, 0.5) is 0 Å². The summed E-state index contributed by atoms with van der Waals surface area (Å²) < 4.78 is 5.34. The van der Waals surface area contributed by atoms with Gasteiger partial charge in [-0.3, -0.25) is 4.98 Å². The highest BCUT2D eigenvalue weighted by Crippen LogP contribution is 2.26.